The van der Waals surface area contributed by atoms with Crippen molar-refractivity contribution < 1.29 is 9.13 Å². The molecule has 0 aromatic rings. The maximum absolute atomic E-state index is 12.9. The number of allylic oxidation sites excluding steroid dienone is 7. The molecule has 1 aliphatic heterocycles. The fraction of sp³-hybridized carbons (Fsp3) is 0.188. The average Bonchev–Trinajstić information content (AvgIpc) is 2.44. The summed E-state index contributed by atoms with van der Waals surface area (Å²) in [7, 11) is 7.54. The molecule has 0 amide bonds. The van der Waals surface area contributed by atoms with Crippen molar-refractivity contribution in [2.24, 2.45) is 4.99 Å². The molecule has 0 fully saturated rings. The lowest BCUT2D eigenvalue weighted by Crippen LogP contribution is -2.00. The van der Waals surface area contributed by atoms with Crippen molar-refractivity contribution in [1.29, 1.82) is 0 Å². The molecule has 0 unspecified atom stereocenters. The van der Waals surface area contributed by atoms with Crippen LogP contribution in [0.3, 0.4) is 0 Å². The molecule has 0 saturated carbocycles. The Bertz CT molecular complexity index is 667. The molecule has 2 aliphatic rings. The van der Waals surface area contributed by atoms with E-state index in [0.29, 0.717) is 23.3 Å². The Hall–Kier alpha value is -2.28. The topological polar surface area (TPSA) is 21.6 Å². The normalized spacial score (nSPS) is 25.8. The molecule has 2 radical (unpaired) electrons. The van der Waals surface area contributed by atoms with Crippen LogP contribution in [0.15, 0.2) is 75.2 Å². The van der Waals surface area contributed by atoms with Crippen molar-refractivity contribution in [3.05, 3.63) is 70.2 Å². The van der Waals surface area contributed by atoms with E-state index in [1.54, 1.807) is 19.4 Å². The molecule has 2 rings (SSSR count). The third kappa shape index (κ3) is 3.18. The number of hydrogen-bond donors (Lipinski definition) is 0. The van der Waals surface area contributed by atoms with E-state index in [2.05, 4.69) is 23.0 Å². The summed E-state index contributed by atoms with van der Waals surface area (Å²) in [5, 5.41) is 0. The monoisotopic (exact) mass is 265 g/mol. The van der Waals surface area contributed by atoms with Gasteiger partial charge in [-0.25, -0.2) is 0 Å². The van der Waals surface area contributed by atoms with Crippen LogP contribution in [0.4, 0.5) is 4.39 Å². The van der Waals surface area contributed by atoms with Crippen molar-refractivity contribution in [3.63, 3.8) is 0 Å². The van der Waals surface area contributed by atoms with E-state index in [4.69, 9.17) is 12.6 Å². The third-order valence-corrected chi connectivity index (χ3v) is 3.02. The van der Waals surface area contributed by atoms with Crippen LogP contribution in [0.25, 0.3) is 0 Å². The van der Waals surface area contributed by atoms with Gasteiger partial charge in [-0.15, -0.1) is 0 Å². The molecule has 0 saturated heterocycles. The maximum Gasteiger partial charge on any atom is 0.173 e. The standard InChI is InChI=1S/C16H13BFNO/c1-11(20-2)13-4-3-5-15(16(17)19-10-13)12-6-8-14(18)9-7-12/h4,6,8,10H,1,3,5H2,2H3/b13-4-,16-15+,19-10-. The second kappa shape index (κ2) is 6.25. The van der Waals surface area contributed by atoms with E-state index in [1.807, 2.05) is 6.08 Å². The number of rotatable bonds is 3. The van der Waals surface area contributed by atoms with Crippen LogP contribution in [-0.4, -0.2) is 21.2 Å². The first kappa shape index (κ1) is 14.1. The van der Waals surface area contributed by atoms with E-state index in [0.717, 1.165) is 17.6 Å². The molecule has 2 nitrogen and oxygen atoms in total. The summed E-state index contributed by atoms with van der Waals surface area (Å²) in [6.07, 6.45) is 8.00. The van der Waals surface area contributed by atoms with Gasteiger partial charge in [0.15, 0.2) is 5.83 Å². The lowest BCUT2D eigenvalue weighted by molar-refractivity contribution is 0.306. The van der Waals surface area contributed by atoms with Gasteiger partial charge >= 0.3 is 0 Å². The Morgan fingerprint density at radius 3 is 2.90 bits per heavy atom. The Balaban J connectivity index is 2.36. The van der Waals surface area contributed by atoms with Crippen LogP contribution in [-0.2, 0) is 4.74 Å². The Labute approximate surface area is 119 Å². The highest BCUT2D eigenvalue weighted by Gasteiger charge is 2.10. The van der Waals surface area contributed by atoms with Gasteiger partial charge in [0.25, 0.3) is 0 Å². The highest BCUT2D eigenvalue weighted by molar-refractivity contribution is 6.23. The minimum atomic E-state index is -0.444. The first-order valence-electron chi connectivity index (χ1n) is 6.18. The van der Waals surface area contributed by atoms with Gasteiger partial charge in [-0.05, 0) is 41.9 Å². The van der Waals surface area contributed by atoms with Crippen LogP contribution in [0.1, 0.15) is 12.8 Å². The first-order chi connectivity index (χ1) is 9.61. The summed E-state index contributed by atoms with van der Waals surface area (Å²) in [6, 6.07) is 0. The van der Waals surface area contributed by atoms with E-state index >= 15 is 0 Å². The van der Waals surface area contributed by atoms with Gasteiger partial charge in [0.1, 0.15) is 13.6 Å². The molecule has 4 heteroatoms. The fourth-order valence-electron chi connectivity index (χ4n) is 1.89. The van der Waals surface area contributed by atoms with Crippen molar-refractivity contribution in [2.75, 3.05) is 7.11 Å². The molecule has 0 spiro atoms. The molecule has 0 aromatic carbocycles. The largest absolute Gasteiger partial charge is 0.497 e. The number of nitrogens with zero attached hydrogens (tertiary/aromatic N) is 1. The van der Waals surface area contributed by atoms with Gasteiger partial charge in [0.2, 0.25) is 0 Å². The van der Waals surface area contributed by atoms with Gasteiger partial charge in [-0.3, -0.25) is 4.99 Å². The van der Waals surface area contributed by atoms with E-state index < -0.39 is 5.83 Å². The molecule has 1 aliphatic carbocycles. The minimum absolute atomic E-state index is 0.385. The average molecular weight is 265 g/mol. The van der Waals surface area contributed by atoms with Gasteiger partial charge in [0.05, 0.1) is 7.11 Å². The highest BCUT2D eigenvalue weighted by Crippen LogP contribution is 2.25. The molecule has 98 valence electrons. The Morgan fingerprint density at radius 1 is 1.45 bits per heavy atom. The molecular formula is C16H13BFNO. The summed E-state index contributed by atoms with van der Waals surface area (Å²) in [6.45, 7) is 3.79. The van der Waals surface area contributed by atoms with E-state index in [1.165, 1.54) is 6.08 Å². The summed E-state index contributed by atoms with van der Waals surface area (Å²) in [5.41, 5.74) is 7.90. The second-order valence-electron chi connectivity index (χ2n) is 4.29. The maximum atomic E-state index is 12.9. The minimum Gasteiger partial charge on any atom is -0.497 e. The van der Waals surface area contributed by atoms with E-state index in [9.17, 15) is 4.39 Å². The first-order valence-corrected chi connectivity index (χ1v) is 6.18. The van der Waals surface area contributed by atoms with Crippen LogP contribution >= 0.6 is 0 Å². The number of hydrogen-bond acceptors (Lipinski definition) is 2. The van der Waals surface area contributed by atoms with Gasteiger partial charge in [-0.1, -0.05) is 18.4 Å². The number of aliphatic imine (C=N–C) groups is 1. The number of ether oxygens (including phenoxy) is 1. The molecule has 0 bridgehead atoms. The van der Waals surface area contributed by atoms with Crippen molar-refractivity contribution in [2.45, 2.75) is 12.8 Å². The van der Waals surface area contributed by atoms with Gasteiger partial charge < -0.3 is 4.74 Å². The lowest BCUT2D eigenvalue weighted by Gasteiger charge is -2.13. The summed E-state index contributed by atoms with van der Waals surface area (Å²) >= 11 is 0. The van der Waals surface area contributed by atoms with Crippen LogP contribution < -0.4 is 0 Å². The third-order valence-electron chi connectivity index (χ3n) is 3.02. The molecule has 20 heavy (non-hydrogen) atoms. The molecular weight excluding hydrogens is 252 g/mol. The number of halogens is 1. The summed E-state index contributed by atoms with van der Waals surface area (Å²) < 4.78 is 18.0. The Morgan fingerprint density at radius 2 is 2.25 bits per heavy atom. The predicted octanol–water partition coefficient (Wildman–Crippen LogP) is 3.42. The zero-order valence-corrected chi connectivity index (χ0v) is 11.2. The zero-order chi connectivity index (χ0) is 14.5. The van der Waals surface area contributed by atoms with Crippen LogP contribution in [0.5, 0.6) is 0 Å². The lowest BCUT2D eigenvalue weighted by atomic mass is 9.88. The second-order valence-corrected chi connectivity index (χ2v) is 4.29. The SMILES string of the molecule is [B]C1=C(\C2=C=C=C(F)C=C2)CC/C=C(C(=C)OC)/C=N\1. The van der Waals surface area contributed by atoms with E-state index in [-0.39, 0.29) is 0 Å². The van der Waals surface area contributed by atoms with Crippen molar-refractivity contribution >= 4 is 14.1 Å². The zero-order valence-electron chi connectivity index (χ0n) is 11.2. The van der Waals surface area contributed by atoms with Gasteiger partial charge in [-0.2, -0.15) is 4.39 Å². The van der Waals surface area contributed by atoms with Gasteiger partial charge in [0, 0.05) is 17.4 Å². The summed E-state index contributed by atoms with van der Waals surface area (Å²) in [4.78, 5) is 4.21. The molecule has 0 N–H and O–H groups in total. The molecule has 1 heterocycles. The smallest absolute Gasteiger partial charge is 0.173 e. The van der Waals surface area contributed by atoms with Crippen molar-refractivity contribution in [3.8, 4) is 0 Å². The Kier molecular flexibility index (Phi) is 4.42. The fourth-order valence-corrected chi connectivity index (χ4v) is 1.89. The quantitative estimate of drug-likeness (QED) is 0.435. The predicted molar refractivity (Wildman–Crippen MR) is 79.0 cm³/mol. The van der Waals surface area contributed by atoms with Crippen molar-refractivity contribution in [1.82, 2.24) is 0 Å². The summed E-state index contributed by atoms with van der Waals surface area (Å²) in [5.74, 6) is 0.104. The van der Waals surface area contributed by atoms with Crippen LogP contribution in [0.2, 0.25) is 0 Å². The van der Waals surface area contributed by atoms with Crippen LogP contribution in [0, 0.1) is 0 Å². The molecule has 0 aromatic heterocycles. The highest BCUT2D eigenvalue weighted by atomic mass is 19.1. The molecule has 0 atom stereocenters. The number of methoxy groups -OCH3 is 1.